The van der Waals surface area contributed by atoms with Crippen molar-refractivity contribution in [2.75, 3.05) is 0 Å². The predicted octanol–water partition coefficient (Wildman–Crippen LogP) is 2.65. The highest BCUT2D eigenvalue weighted by Crippen LogP contribution is 2.23. The van der Waals surface area contributed by atoms with Crippen molar-refractivity contribution in [2.24, 2.45) is 0 Å². The van der Waals surface area contributed by atoms with E-state index in [2.05, 4.69) is 4.29 Å². The first-order valence-electron chi connectivity index (χ1n) is 3.54. The van der Waals surface area contributed by atoms with Crippen LogP contribution in [0.4, 0.5) is 0 Å². The molecule has 0 aliphatic carbocycles. The molecule has 0 saturated carbocycles. The van der Waals surface area contributed by atoms with Crippen LogP contribution in [-0.2, 0) is 0 Å². The SMILES string of the molecule is Cc1cc(C)c(C=O)c(OCl)c1. The van der Waals surface area contributed by atoms with Crippen molar-refractivity contribution in [1.82, 2.24) is 0 Å². The maximum atomic E-state index is 10.6. The molecule has 1 aromatic carbocycles. The molecule has 0 N–H and O–H groups in total. The van der Waals surface area contributed by atoms with Crippen LogP contribution in [0.15, 0.2) is 12.1 Å². The summed E-state index contributed by atoms with van der Waals surface area (Å²) in [6.07, 6.45) is 0.743. The minimum Gasteiger partial charge on any atom is -0.385 e. The first kappa shape index (κ1) is 9.07. The average molecular weight is 185 g/mol. The van der Waals surface area contributed by atoms with Crippen LogP contribution in [0.25, 0.3) is 0 Å². The summed E-state index contributed by atoms with van der Waals surface area (Å²) in [4.78, 5) is 10.6. The molecule has 0 unspecified atom stereocenters. The van der Waals surface area contributed by atoms with Gasteiger partial charge in [0.15, 0.2) is 12.0 Å². The van der Waals surface area contributed by atoms with Crippen molar-refractivity contribution < 1.29 is 9.08 Å². The van der Waals surface area contributed by atoms with E-state index < -0.39 is 0 Å². The molecule has 64 valence electrons. The van der Waals surface area contributed by atoms with Gasteiger partial charge in [0.05, 0.1) is 5.56 Å². The lowest BCUT2D eigenvalue weighted by Crippen LogP contribution is -1.91. The van der Waals surface area contributed by atoms with Crippen LogP contribution in [0.1, 0.15) is 21.5 Å². The summed E-state index contributed by atoms with van der Waals surface area (Å²) >= 11 is 5.20. The lowest BCUT2D eigenvalue weighted by atomic mass is 10.1. The van der Waals surface area contributed by atoms with Gasteiger partial charge in [0.2, 0.25) is 0 Å². The molecule has 3 heteroatoms. The van der Waals surface area contributed by atoms with Gasteiger partial charge in [0, 0.05) is 0 Å². The zero-order chi connectivity index (χ0) is 9.14. The molecule has 0 aromatic heterocycles. The molecular weight excluding hydrogens is 176 g/mol. The van der Waals surface area contributed by atoms with Crippen LogP contribution >= 0.6 is 11.9 Å². The van der Waals surface area contributed by atoms with Crippen LogP contribution in [0.3, 0.4) is 0 Å². The fourth-order valence-corrected chi connectivity index (χ4v) is 1.28. The first-order valence-corrected chi connectivity index (χ1v) is 3.85. The molecule has 1 aromatic rings. The number of halogens is 1. The highest BCUT2D eigenvalue weighted by molar-refractivity contribution is 6.09. The van der Waals surface area contributed by atoms with Crippen LogP contribution in [0.5, 0.6) is 5.75 Å². The predicted molar refractivity (Wildman–Crippen MR) is 47.8 cm³/mol. The lowest BCUT2D eigenvalue weighted by molar-refractivity contribution is 0.112. The molecule has 0 radical (unpaired) electrons. The molecule has 0 aliphatic heterocycles. The summed E-state index contributed by atoms with van der Waals surface area (Å²) in [6, 6.07) is 3.63. The van der Waals surface area contributed by atoms with Gasteiger partial charge in [-0.15, -0.1) is 0 Å². The maximum Gasteiger partial charge on any atom is 0.157 e. The molecule has 12 heavy (non-hydrogen) atoms. The fraction of sp³-hybridized carbons (Fsp3) is 0.222. The van der Waals surface area contributed by atoms with Crippen LogP contribution < -0.4 is 4.29 Å². The number of carbonyl (C=O) groups is 1. The first-order chi connectivity index (χ1) is 5.69. The number of carbonyl (C=O) groups excluding carboxylic acids is 1. The smallest absolute Gasteiger partial charge is 0.157 e. The van der Waals surface area contributed by atoms with Gasteiger partial charge in [0.25, 0.3) is 0 Å². The largest absolute Gasteiger partial charge is 0.385 e. The van der Waals surface area contributed by atoms with E-state index in [9.17, 15) is 4.79 Å². The molecule has 0 amide bonds. The molecule has 0 bridgehead atoms. The number of hydrogen-bond acceptors (Lipinski definition) is 2. The van der Waals surface area contributed by atoms with Gasteiger partial charge in [-0.3, -0.25) is 4.79 Å². The fourth-order valence-electron chi connectivity index (χ4n) is 1.15. The zero-order valence-corrected chi connectivity index (χ0v) is 7.68. The Morgan fingerprint density at radius 2 is 2.08 bits per heavy atom. The molecular formula is C9H9ClO2. The third-order valence-electron chi connectivity index (χ3n) is 1.69. The second-order valence-electron chi connectivity index (χ2n) is 2.69. The third-order valence-corrected chi connectivity index (χ3v) is 1.86. The summed E-state index contributed by atoms with van der Waals surface area (Å²) in [5.41, 5.74) is 2.41. The molecule has 0 fully saturated rings. The van der Waals surface area contributed by atoms with Gasteiger partial charge in [0.1, 0.15) is 11.9 Å². The van der Waals surface area contributed by atoms with E-state index in [1.165, 1.54) is 0 Å². The molecule has 0 atom stereocenters. The van der Waals surface area contributed by atoms with Crippen LogP contribution in [0.2, 0.25) is 0 Å². The van der Waals surface area contributed by atoms with Crippen LogP contribution in [0, 0.1) is 13.8 Å². The Morgan fingerprint density at radius 1 is 1.42 bits per heavy atom. The van der Waals surface area contributed by atoms with Gasteiger partial charge in [-0.05, 0) is 31.0 Å². The lowest BCUT2D eigenvalue weighted by Gasteiger charge is -2.04. The Balaban J connectivity index is 3.33. The standard InChI is InChI=1S/C9H9ClO2/c1-6-3-7(2)8(5-11)9(4-6)12-10/h3-5H,1-2H3. The summed E-state index contributed by atoms with van der Waals surface area (Å²) in [6.45, 7) is 3.76. The number of rotatable bonds is 2. The maximum absolute atomic E-state index is 10.6. The topological polar surface area (TPSA) is 26.3 Å². The van der Waals surface area contributed by atoms with E-state index in [-0.39, 0.29) is 0 Å². The second-order valence-corrected chi connectivity index (χ2v) is 2.84. The van der Waals surface area contributed by atoms with E-state index in [1.54, 1.807) is 6.07 Å². The van der Waals surface area contributed by atoms with E-state index in [4.69, 9.17) is 11.9 Å². The molecule has 0 spiro atoms. The Kier molecular flexibility index (Phi) is 2.71. The quantitative estimate of drug-likeness (QED) is 0.661. The van der Waals surface area contributed by atoms with Gasteiger partial charge < -0.3 is 4.29 Å². The Labute approximate surface area is 76.3 Å². The highest BCUT2D eigenvalue weighted by Gasteiger charge is 2.06. The van der Waals surface area contributed by atoms with Gasteiger partial charge in [-0.25, -0.2) is 0 Å². The Hall–Kier alpha value is -1.02. The molecule has 1 rings (SSSR count). The van der Waals surface area contributed by atoms with E-state index in [0.29, 0.717) is 11.3 Å². The molecule has 0 aliphatic rings. The van der Waals surface area contributed by atoms with Crippen LogP contribution in [-0.4, -0.2) is 6.29 Å². The van der Waals surface area contributed by atoms with Crippen molar-refractivity contribution in [2.45, 2.75) is 13.8 Å². The summed E-state index contributed by atoms with van der Waals surface area (Å²) in [7, 11) is 0. The number of benzene rings is 1. The normalized spacial score (nSPS) is 9.58. The third kappa shape index (κ3) is 1.59. The summed E-state index contributed by atoms with van der Waals surface area (Å²) in [5, 5.41) is 0. The molecule has 2 nitrogen and oxygen atoms in total. The van der Waals surface area contributed by atoms with E-state index >= 15 is 0 Å². The van der Waals surface area contributed by atoms with Gasteiger partial charge >= 0.3 is 0 Å². The summed E-state index contributed by atoms with van der Waals surface area (Å²) in [5.74, 6) is 0.421. The van der Waals surface area contributed by atoms with E-state index in [0.717, 1.165) is 17.4 Å². The van der Waals surface area contributed by atoms with Crippen molar-refractivity contribution in [3.63, 3.8) is 0 Å². The Bertz CT molecular complexity index is 308. The highest BCUT2D eigenvalue weighted by atomic mass is 35.5. The number of aryl methyl sites for hydroxylation is 2. The second kappa shape index (κ2) is 3.59. The Morgan fingerprint density at radius 3 is 2.58 bits per heavy atom. The van der Waals surface area contributed by atoms with Crippen molar-refractivity contribution in [1.29, 1.82) is 0 Å². The zero-order valence-electron chi connectivity index (χ0n) is 6.93. The number of aldehydes is 1. The van der Waals surface area contributed by atoms with Crippen molar-refractivity contribution >= 4 is 18.2 Å². The molecule has 0 saturated heterocycles. The van der Waals surface area contributed by atoms with Gasteiger partial charge in [-0.2, -0.15) is 0 Å². The van der Waals surface area contributed by atoms with E-state index in [1.807, 2.05) is 19.9 Å². The minimum atomic E-state index is 0.421. The molecule has 0 heterocycles. The van der Waals surface area contributed by atoms with Crippen molar-refractivity contribution in [3.8, 4) is 5.75 Å². The average Bonchev–Trinajstić information content (AvgIpc) is 2.03. The van der Waals surface area contributed by atoms with Gasteiger partial charge in [-0.1, -0.05) is 6.07 Å². The van der Waals surface area contributed by atoms with Crippen molar-refractivity contribution in [3.05, 3.63) is 28.8 Å². The number of hydrogen-bond donors (Lipinski definition) is 0. The minimum absolute atomic E-state index is 0.421. The monoisotopic (exact) mass is 184 g/mol. The summed E-state index contributed by atoms with van der Waals surface area (Å²) < 4.78 is 4.54.